The fourth-order valence-electron chi connectivity index (χ4n) is 3.31. The minimum Gasteiger partial charge on any atom is -0.497 e. The number of aryl methyl sites for hydroxylation is 1. The van der Waals surface area contributed by atoms with Crippen LogP contribution < -0.4 is 15.4 Å². The highest BCUT2D eigenvalue weighted by Crippen LogP contribution is 2.12. The first-order valence-corrected chi connectivity index (χ1v) is 10.4. The monoisotopic (exact) mass is 400 g/mol. The molecule has 2 heterocycles. The minimum absolute atomic E-state index is 0.236. The van der Waals surface area contributed by atoms with Crippen LogP contribution in [0.2, 0.25) is 0 Å². The molecule has 1 aromatic carbocycles. The van der Waals surface area contributed by atoms with Crippen LogP contribution in [-0.2, 0) is 24.1 Å². The summed E-state index contributed by atoms with van der Waals surface area (Å²) in [5.41, 5.74) is 1.26. The summed E-state index contributed by atoms with van der Waals surface area (Å²) in [6.45, 7) is 5.98. The number of rotatable bonds is 10. The van der Waals surface area contributed by atoms with E-state index in [4.69, 9.17) is 14.5 Å². The predicted molar refractivity (Wildman–Crippen MR) is 113 cm³/mol. The molecule has 1 unspecified atom stereocenters. The second-order valence-corrected chi connectivity index (χ2v) is 7.07. The largest absolute Gasteiger partial charge is 0.497 e. The van der Waals surface area contributed by atoms with Crippen molar-refractivity contribution in [3.63, 3.8) is 0 Å². The minimum atomic E-state index is 0.236. The SMILES string of the molecule is CCc1nncn1CCNC(=NCC1CCCO1)NCCc1ccc(OC)cc1. The summed E-state index contributed by atoms with van der Waals surface area (Å²) in [6.07, 6.45) is 6.02. The van der Waals surface area contributed by atoms with Crippen molar-refractivity contribution in [1.29, 1.82) is 0 Å². The Hall–Kier alpha value is -2.61. The first kappa shape index (κ1) is 21.1. The summed E-state index contributed by atoms with van der Waals surface area (Å²) in [7, 11) is 1.68. The third kappa shape index (κ3) is 6.74. The molecule has 0 amide bonds. The van der Waals surface area contributed by atoms with Crippen molar-refractivity contribution in [3.05, 3.63) is 42.0 Å². The van der Waals surface area contributed by atoms with Crippen molar-refractivity contribution >= 4 is 5.96 Å². The molecule has 0 aliphatic carbocycles. The molecule has 2 aromatic rings. The molecule has 158 valence electrons. The molecule has 29 heavy (non-hydrogen) atoms. The van der Waals surface area contributed by atoms with Crippen LogP contribution in [0.1, 0.15) is 31.2 Å². The third-order valence-corrected chi connectivity index (χ3v) is 5.00. The van der Waals surface area contributed by atoms with Crippen LogP contribution in [0.25, 0.3) is 0 Å². The Balaban J connectivity index is 1.49. The second kappa shape index (κ2) is 11.4. The summed E-state index contributed by atoms with van der Waals surface area (Å²) in [5.74, 6) is 2.69. The number of guanidine groups is 1. The summed E-state index contributed by atoms with van der Waals surface area (Å²) in [4.78, 5) is 4.73. The zero-order valence-electron chi connectivity index (χ0n) is 17.4. The smallest absolute Gasteiger partial charge is 0.191 e. The molecule has 1 aliphatic heterocycles. The third-order valence-electron chi connectivity index (χ3n) is 5.00. The Bertz CT molecular complexity index is 753. The van der Waals surface area contributed by atoms with Gasteiger partial charge in [0.05, 0.1) is 19.8 Å². The van der Waals surface area contributed by atoms with Gasteiger partial charge in [0.2, 0.25) is 0 Å². The Morgan fingerprint density at radius 2 is 2.10 bits per heavy atom. The molecule has 8 heteroatoms. The molecule has 2 N–H and O–H groups in total. The molecule has 0 bridgehead atoms. The van der Waals surface area contributed by atoms with E-state index in [2.05, 4.69) is 44.5 Å². The van der Waals surface area contributed by atoms with Gasteiger partial charge in [0, 0.05) is 32.7 Å². The zero-order valence-corrected chi connectivity index (χ0v) is 17.4. The van der Waals surface area contributed by atoms with Gasteiger partial charge in [0.25, 0.3) is 0 Å². The summed E-state index contributed by atoms with van der Waals surface area (Å²) in [6, 6.07) is 8.17. The second-order valence-electron chi connectivity index (χ2n) is 7.07. The van der Waals surface area contributed by atoms with E-state index >= 15 is 0 Å². The standard InChI is InChI=1S/C21H32N6O2/c1-3-20-26-25-16-27(20)13-12-23-21(24-15-19-5-4-14-29-19)22-11-10-17-6-8-18(28-2)9-7-17/h6-9,16,19H,3-5,10-15H2,1-2H3,(H2,22,23,24). The molecule has 1 aliphatic rings. The van der Waals surface area contributed by atoms with Gasteiger partial charge in [-0.1, -0.05) is 19.1 Å². The van der Waals surface area contributed by atoms with Crippen molar-refractivity contribution in [3.8, 4) is 5.75 Å². The van der Waals surface area contributed by atoms with Gasteiger partial charge in [-0.2, -0.15) is 0 Å². The number of aromatic nitrogens is 3. The maximum Gasteiger partial charge on any atom is 0.191 e. The number of benzene rings is 1. The van der Waals surface area contributed by atoms with Gasteiger partial charge in [0.15, 0.2) is 5.96 Å². The number of ether oxygens (including phenoxy) is 2. The van der Waals surface area contributed by atoms with E-state index in [1.165, 1.54) is 5.56 Å². The molecular formula is C21H32N6O2. The van der Waals surface area contributed by atoms with E-state index in [1.54, 1.807) is 13.4 Å². The zero-order chi connectivity index (χ0) is 20.3. The average Bonchev–Trinajstić information content (AvgIpc) is 3.44. The average molecular weight is 401 g/mol. The molecule has 1 aromatic heterocycles. The van der Waals surface area contributed by atoms with Crippen LogP contribution in [-0.4, -0.2) is 60.2 Å². The molecule has 0 spiro atoms. The highest BCUT2D eigenvalue weighted by atomic mass is 16.5. The van der Waals surface area contributed by atoms with Gasteiger partial charge in [0.1, 0.15) is 17.9 Å². The highest BCUT2D eigenvalue weighted by Gasteiger charge is 2.15. The van der Waals surface area contributed by atoms with Crippen molar-refractivity contribution in [2.45, 2.75) is 45.3 Å². The van der Waals surface area contributed by atoms with Crippen LogP contribution in [0, 0.1) is 0 Å². The van der Waals surface area contributed by atoms with Gasteiger partial charge in [-0.3, -0.25) is 4.99 Å². The molecule has 0 radical (unpaired) electrons. The lowest BCUT2D eigenvalue weighted by Crippen LogP contribution is -2.40. The van der Waals surface area contributed by atoms with Crippen molar-refractivity contribution in [1.82, 2.24) is 25.4 Å². The number of hydrogen-bond acceptors (Lipinski definition) is 5. The molecule has 1 atom stereocenters. The molecule has 8 nitrogen and oxygen atoms in total. The van der Waals surface area contributed by atoms with E-state index in [9.17, 15) is 0 Å². The lowest BCUT2D eigenvalue weighted by Gasteiger charge is -2.15. The van der Waals surface area contributed by atoms with E-state index in [-0.39, 0.29) is 6.10 Å². The van der Waals surface area contributed by atoms with Crippen LogP contribution >= 0.6 is 0 Å². The summed E-state index contributed by atoms with van der Waals surface area (Å²) < 4.78 is 13.0. The number of methoxy groups -OCH3 is 1. The fourth-order valence-corrected chi connectivity index (χ4v) is 3.31. The van der Waals surface area contributed by atoms with Crippen LogP contribution in [0.5, 0.6) is 5.75 Å². The quantitative estimate of drug-likeness (QED) is 0.467. The normalized spacial score (nSPS) is 16.8. The highest BCUT2D eigenvalue weighted by molar-refractivity contribution is 5.79. The molecular weight excluding hydrogens is 368 g/mol. The van der Waals surface area contributed by atoms with Gasteiger partial charge >= 0.3 is 0 Å². The van der Waals surface area contributed by atoms with Gasteiger partial charge in [-0.05, 0) is 37.0 Å². The Morgan fingerprint density at radius 3 is 2.83 bits per heavy atom. The summed E-state index contributed by atoms with van der Waals surface area (Å²) in [5, 5.41) is 15.0. The predicted octanol–water partition coefficient (Wildman–Crippen LogP) is 1.81. The van der Waals surface area contributed by atoms with Crippen LogP contribution in [0.15, 0.2) is 35.6 Å². The maximum atomic E-state index is 5.70. The van der Waals surface area contributed by atoms with Crippen molar-refractivity contribution in [2.75, 3.05) is 33.4 Å². The number of nitrogens with zero attached hydrogens (tertiary/aromatic N) is 4. The lowest BCUT2D eigenvalue weighted by molar-refractivity contribution is 0.117. The number of nitrogens with one attached hydrogen (secondary N) is 2. The Morgan fingerprint density at radius 1 is 1.28 bits per heavy atom. The number of aliphatic imine (C=N–C) groups is 1. The lowest BCUT2D eigenvalue weighted by atomic mass is 10.1. The van der Waals surface area contributed by atoms with E-state index in [0.29, 0.717) is 6.54 Å². The van der Waals surface area contributed by atoms with Crippen LogP contribution in [0.4, 0.5) is 0 Å². The van der Waals surface area contributed by atoms with Gasteiger partial charge in [-0.25, -0.2) is 0 Å². The van der Waals surface area contributed by atoms with Crippen LogP contribution in [0.3, 0.4) is 0 Å². The molecule has 3 rings (SSSR count). The summed E-state index contributed by atoms with van der Waals surface area (Å²) >= 11 is 0. The van der Waals surface area contributed by atoms with E-state index in [0.717, 1.165) is 69.5 Å². The molecule has 0 saturated carbocycles. The van der Waals surface area contributed by atoms with Gasteiger partial charge in [-0.15, -0.1) is 10.2 Å². The Kier molecular flexibility index (Phi) is 8.30. The van der Waals surface area contributed by atoms with Gasteiger partial charge < -0.3 is 24.7 Å². The molecule has 1 fully saturated rings. The number of hydrogen-bond donors (Lipinski definition) is 2. The van der Waals surface area contributed by atoms with Crippen molar-refractivity contribution in [2.24, 2.45) is 4.99 Å². The van der Waals surface area contributed by atoms with Crippen molar-refractivity contribution < 1.29 is 9.47 Å². The maximum absolute atomic E-state index is 5.70. The first-order valence-electron chi connectivity index (χ1n) is 10.4. The van der Waals surface area contributed by atoms with E-state index < -0.39 is 0 Å². The fraction of sp³-hybridized carbons (Fsp3) is 0.571. The first-order chi connectivity index (χ1) is 14.3. The Labute approximate surface area is 172 Å². The topological polar surface area (TPSA) is 85.6 Å². The molecule has 1 saturated heterocycles. The van der Waals surface area contributed by atoms with E-state index in [1.807, 2.05) is 12.1 Å².